The maximum atomic E-state index is 11.1. The van der Waals surface area contributed by atoms with Crippen molar-refractivity contribution in [2.24, 2.45) is 0 Å². The summed E-state index contributed by atoms with van der Waals surface area (Å²) in [5.74, 6) is -0.266. The first-order valence-corrected chi connectivity index (χ1v) is 5.76. The molecule has 0 aromatic carbocycles. The molecule has 0 spiro atoms. The van der Waals surface area contributed by atoms with Gasteiger partial charge in [-0.2, -0.15) is 0 Å². The van der Waals surface area contributed by atoms with Gasteiger partial charge in [-0.25, -0.2) is 13.1 Å². The second kappa shape index (κ2) is 5.04. The quantitative estimate of drug-likeness (QED) is 0.695. The van der Waals surface area contributed by atoms with Gasteiger partial charge in [0.05, 0.1) is 12.4 Å². The van der Waals surface area contributed by atoms with Crippen molar-refractivity contribution >= 4 is 10.0 Å². The van der Waals surface area contributed by atoms with E-state index in [0.29, 0.717) is 0 Å². The van der Waals surface area contributed by atoms with Crippen LogP contribution in [0.5, 0.6) is 0 Å². The third kappa shape index (κ3) is 3.82. The van der Waals surface area contributed by atoms with Crippen LogP contribution in [0.3, 0.4) is 0 Å². The van der Waals surface area contributed by atoms with E-state index < -0.39 is 10.0 Å². The molecule has 1 aromatic heterocycles. The van der Waals surface area contributed by atoms with E-state index in [2.05, 4.69) is 9.71 Å². The number of aromatic nitrogens is 1. The van der Waals surface area contributed by atoms with Gasteiger partial charge in [0.25, 0.3) is 0 Å². The van der Waals surface area contributed by atoms with Crippen LogP contribution in [0.4, 0.5) is 0 Å². The van der Waals surface area contributed by atoms with Crippen LogP contribution in [-0.4, -0.2) is 30.9 Å². The second-order valence-electron chi connectivity index (χ2n) is 2.72. The Morgan fingerprint density at radius 2 is 2.00 bits per heavy atom. The lowest BCUT2D eigenvalue weighted by atomic mass is 10.3. The first-order chi connectivity index (χ1) is 6.64. The highest BCUT2D eigenvalue weighted by molar-refractivity contribution is 7.89. The summed E-state index contributed by atoms with van der Waals surface area (Å²) >= 11 is 0. The molecule has 0 saturated heterocycles. The van der Waals surface area contributed by atoms with E-state index in [1.165, 1.54) is 0 Å². The van der Waals surface area contributed by atoms with Gasteiger partial charge in [0.1, 0.15) is 0 Å². The molecule has 5 nitrogen and oxygen atoms in total. The molecule has 2 N–H and O–H groups in total. The highest BCUT2D eigenvalue weighted by Crippen LogP contribution is 1.96. The SMILES string of the molecule is O=S(=O)(CCO)NCc1ccncc1. The number of rotatable bonds is 5. The van der Waals surface area contributed by atoms with Crippen LogP contribution in [0.1, 0.15) is 5.56 Å². The highest BCUT2D eigenvalue weighted by Gasteiger charge is 2.07. The molecule has 1 heterocycles. The summed E-state index contributed by atoms with van der Waals surface area (Å²) < 4.78 is 24.6. The zero-order chi connectivity index (χ0) is 10.4. The van der Waals surface area contributed by atoms with E-state index in [9.17, 15) is 8.42 Å². The Labute approximate surface area is 82.9 Å². The molecule has 1 aromatic rings. The lowest BCUT2D eigenvalue weighted by Gasteiger charge is -2.04. The van der Waals surface area contributed by atoms with Gasteiger partial charge < -0.3 is 5.11 Å². The normalized spacial score (nSPS) is 11.5. The lowest BCUT2D eigenvalue weighted by Crippen LogP contribution is -2.27. The number of pyridine rings is 1. The highest BCUT2D eigenvalue weighted by atomic mass is 32.2. The van der Waals surface area contributed by atoms with Crippen molar-refractivity contribution in [1.82, 2.24) is 9.71 Å². The molecular weight excluding hydrogens is 204 g/mol. The Morgan fingerprint density at radius 1 is 1.36 bits per heavy atom. The molecule has 0 aliphatic rings. The van der Waals surface area contributed by atoms with Gasteiger partial charge in [0, 0.05) is 18.9 Å². The Balaban J connectivity index is 2.49. The van der Waals surface area contributed by atoms with Crippen LogP contribution in [0.15, 0.2) is 24.5 Å². The van der Waals surface area contributed by atoms with Crippen molar-refractivity contribution in [1.29, 1.82) is 0 Å². The van der Waals surface area contributed by atoms with Crippen LogP contribution in [0.25, 0.3) is 0 Å². The largest absolute Gasteiger partial charge is 0.395 e. The second-order valence-corrected chi connectivity index (χ2v) is 4.65. The Bertz CT molecular complexity index is 363. The standard InChI is InChI=1S/C8H12N2O3S/c11-5-6-14(12,13)10-7-8-1-3-9-4-2-8/h1-4,10-11H,5-7H2. The summed E-state index contributed by atoms with van der Waals surface area (Å²) in [5.41, 5.74) is 0.835. The molecule has 78 valence electrons. The van der Waals surface area contributed by atoms with Gasteiger partial charge in [-0.15, -0.1) is 0 Å². The number of aliphatic hydroxyl groups excluding tert-OH is 1. The van der Waals surface area contributed by atoms with Gasteiger partial charge in [0.2, 0.25) is 10.0 Å². The zero-order valence-corrected chi connectivity index (χ0v) is 8.37. The van der Waals surface area contributed by atoms with E-state index in [0.717, 1.165) is 5.56 Å². The fraction of sp³-hybridized carbons (Fsp3) is 0.375. The van der Waals surface area contributed by atoms with Crippen molar-refractivity contribution in [3.63, 3.8) is 0 Å². The average Bonchev–Trinajstić information content (AvgIpc) is 2.17. The van der Waals surface area contributed by atoms with Crippen molar-refractivity contribution in [3.05, 3.63) is 30.1 Å². The molecule has 6 heteroatoms. The van der Waals surface area contributed by atoms with Crippen LogP contribution in [-0.2, 0) is 16.6 Å². The van der Waals surface area contributed by atoms with Crippen molar-refractivity contribution in [2.45, 2.75) is 6.54 Å². The van der Waals surface area contributed by atoms with E-state index in [1.54, 1.807) is 24.5 Å². The minimum absolute atomic E-state index is 0.227. The molecule has 0 amide bonds. The molecule has 0 bridgehead atoms. The number of aliphatic hydroxyl groups is 1. The van der Waals surface area contributed by atoms with Gasteiger partial charge in [-0.1, -0.05) is 0 Å². The predicted molar refractivity (Wildman–Crippen MR) is 51.9 cm³/mol. The van der Waals surface area contributed by atoms with E-state index in [-0.39, 0.29) is 18.9 Å². The Morgan fingerprint density at radius 3 is 2.57 bits per heavy atom. The predicted octanol–water partition coefficient (Wildman–Crippen LogP) is -0.507. The number of hydrogen-bond acceptors (Lipinski definition) is 4. The Kier molecular flexibility index (Phi) is 3.99. The third-order valence-electron chi connectivity index (χ3n) is 1.61. The molecular formula is C8H12N2O3S. The minimum atomic E-state index is -3.35. The van der Waals surface area contributed by atoms with Crippen molar-refractivity contribution < 1.29 is 13.5 Å². The van der Waals surface area contributed by atoms with Gasteiger partial charge in [0.15, 0.2) is 0 Å². The molecule has 14 heavy (non-hydrogen) atoms. The topological polar surface area (TPSA) is 79.3 Å². The molecule has 0 unspecified atom stereocenters. The number of nitrogens with one attached hydrogen (secondary N) is 1. The molecule has 1 rings (SSSR count). The monoisotopic (exact) mass is 216 g/mol. The van der Waals surface area contributed by atoms with Crippen molar-refractivity contribution in [3.8, 4) is 0 Å². The molecule has 0 fully saturated rings. The molecule has 0 radical (unpaired) electrons. The van der Waals surface area contributed by atoms with E-state index >= 15 is 0 Å². The maximum Gasteiger partial charge on any atom is 0.214 e. The first-order valence-electron chi connectivity index (χ1n) is 4.11. The van der Waals surface area contributed by atoms with Gasteiger partial charge >= 0.3 is 0 Å². The molecule has 0 aliphatic heterocycles. The van der Waals surface area contributed by atoms with Crippen LogP contribution < -0.4 is 4.72 Å². The number of hydrogen-bond donors (Lipinski definition) is 2. The fourth-order valence-electron chi connectivity index (χ4n) is 0.886. The molecule has 0 aliphatic carbocycles. The summed E-state index contributed by atoms with van der Waals surface area (Å²) in [6, 6.07) is 3.45. The van der Waals surface area contributed by atoms with Gasteiger partial charge in [-0.3, -0.25) is 4.98 Å². The first kappa shape index (κ1) is 11.1. The minimum Gasteiger partial charge on any atom is -0.395 e. The Hall–Kier alpha value is -0.980. The van der Waals surface area contributed by atoms with Crippen molar-refractivity contribution in [2.75, 3.05) is 12.4 Å². The summed E-state index contributed by atoms with van der Waals surface area (Å²) in [6.07, 6.45) is 3.19. The van der Waals surface area contributed by atoms with E-state index in [1.807, 2.05) is 0 Å². The van der Waals surface area contributed by atoms with Crippen LogP contribution in [0.2, 0.25) is 0 Å². The summed E-state index contributed by atoms with van der Waals surface area (Å²) in [7, 11) is -3.35. The zero-order valence-electron chi connectivity index (χ0n) is 7.55. The molecule has 0 saturated carbocycles. The van der Waals surface area contributed by atoms with Crippen LogP contribution >= 0.6 is 0 Å². The lowest BCUT2D eigenvalue weighted by molar-refractivity contribution is 0.319. The third-order valence-corrected chi connectivity index (χ3v) is 2.91. The van der Waals surface area contributed by atoms with E-state index in [4.69, 9.17) is 5.11 Å². The smallest absolute Gasteiger partial charge is 0.214 e. The summed E-state index contributed by atoms with van der Waals surface area (Å²) in [5, 5.41) is 8.47. The summed E-state index contributed by atoms with van der Waals surface area (Å²) in [6.45, 7) is -0.142. The number of sulfonamides is 1. The average molecular weight is 216 g/mol. The number of nitrogens with zero attached hydrogens (tertiary/aromatic N) is 1. The maximum absolute atomic E-state index is 11.1. The van der Waals surface area contributed by atoms with Crippen LogP contribution in [0, 0.1) is 0 Å². The van der Waals surface area contributed by atoms with Gasteiger partial charge in [-0.05, 0) is 17.7 Å². The molecule has 0 atom stereocenters. The fourth-order valence-corrected chi connectivity index (χ4v) is 1.66. The summed E-state index contributed by atoms with van der Waals surface area (Å²) in [4.78, 5) is 3.81.